The predicted molar refractivity (Wildman–Crippen MR) is 89.8 cm³/mol. The molecule has 1 aliphatic rings. The van der Waals surface area contributed by atoms with Crippen LogP contribution < -0.4 is 11.2 Å². The van der Waals surface area contributed by atoms with Crippen molar-refractivity contribution in [3.05, 3.63) is 68.5 Å². The molecule has 0 saturated carbocycles. The van der Waals surface area contributed by atoms with E-state index in [0.29, 0.717) is 5.56 Å². The summed E-state index contributed by atoms with van der Waals surface area (Å²) in [5, 5.41) is 29.0. The molecule has 3 rings (SSSR count). The first kappa shape index (κ1) is 18.2. The second kappa shape index (κ2) is 7.34. The van der Waals surface area contributed by atoms with Gasteiger partial charge in [0.25, 0.3) is 5.56 Å². The van der Waals surface area contributed by atoms with E-state index in [1.165, 1.54) is 0 Å². The van der Waals surface area contributed by atoms with E-state index in [9.17, 15) is 24.2 Å². The molecule has 1 aromatic carbocycles. The number of nitrogens with zero attached hydrogens (tertiary/aromatic N) is 1. The highest BCUT2D eigenvalue weighted by molar-refractivity contribution is 5.75. The van der Waals surface area contributed by atoms with E-state index in [4.69, 9.17) is 9.84 Å². The number of nitrogens with one attached hydrogen (secondary N) is 1. The second-order valence-electron chi connectivity index (χ2n) is 5.84. The lowest BCUT2D eigenvalue weighted by Gasteiger charge is -2.17. The second-order valence-corrected chi connectivity index (χ2v) is 5.84. The molecule has 0 aliphatic carbocycles. The third-order valence-electron chi connectivity index (χ3n) is 4.11. The van der Waals surface area contributed by atoms with E-state index in [0.717, 1.165) is 16.8 Å². The van der Waals surface area contributed by atoms with Crippen molar-refractivity contribution in [1.29, 1.82) is 0 Å². The van der Waals surface area contributed by atoms with Gasteiger partial charge in [-0.1, -0.05) is 30.3 Å². The van der Waals surface area contributed by atoms with Crippen molar-refractivity contribution in [2.24, 2.45) is 0 Å². The highest BCUT2D eigenvalue weighted by Gasteiger charge is 2.43. The van der Waals surface area contributed by atoms with Crippen molar-refractivity contribution >= 4 is 11.9 Å². The molecule has 1 aliphatic heterocycles. The molecule has 9 heteroatoms. The number of benzene rings is 1. The zero-order valence-corrected chi connectivity index (χ0v) is 13.4. The summed E-state index contributed by atoms with van der Waals surface area (Å²) in [6.07, 6.45) is -3.42. The van der Waals surface area contributed by atoms with E-state index in [-0.39, 0.29) is 0 Å². The molecule has 1 fully saturated rings. The van der Waals surface area contributed by atoms with Crippen LogP contribution in [0.3, 0.4) is 0 Å². The standard InChI is InChI=1S/C17H17FN2O6/c18-11(6-9-4-2-1-3-5-9)10-7-20(17(25)19-15(10)24)16-14(23)13(22)12(8-21)26-16/h1-7,12-14,16,21-23H,8H2,(H,19,24,25)/b11-6+/t12-,13?,14?,16-/m0/s1. The van der Waals surface area contributed by atoms with Gasteiger partial charge < -0.3 is 20.1 Å². The maximum Gasteiger partial charge on any atom is 0.330 e. The van der Waals surface area contributed by atoms with Crippen molar-refractivity contribution in [3.8, 4) is 0 Å². The molecular formula is C17H17FN2O6. The van der Waals surface area contributed by atoms with Crippen LogP contribution in [-0.4, -0.2) is 49.8 Å². The number of hydrogen-bond donors (Lipinski definition) is 4. The molecule has 1 aromatic heterocycles. The lowest BCUT2D eigenvalue weighted by Crippen LogP contribution is -2.38. The molecule has 4 atom stereocenters. The van der Waals surface area contributed by atoms with E-state index < -0.39 is 53.8 Å². The fourth-order valence-electron chi connectivity index (χ4n) is 2.73. The van der Waals surface area contributed by atoms with Crippen molar-refractivity contribution in [3.63, 3.8) is 0 Å². The first-order valence-corrected chi connectivity index (χ1v) is 7.83. The molecule has 2 heterocycles. The van der Waals surface area contributed by atoms with Crippen LogP contribution in [0, 0.1) is 0 Å². The molecule has 0 radical (unpaired) electrons. The predicted octanol–water partition coefficient (Wildman–Crippen LogP) is -0.384. The van der Waals surface area contributed by atoms with Gasteiger partial charge in [-0.2, -0.15) is 0 Å². The fraction of sp³-hybridized carbons (Fsp3) is 0.294. The van der Waals surface area contributed by atoms with Crippen molar-refractivity contribution in [1.82, 2.24) is 9.55 Å². The Morgan fingerprint density at radius 2 is 1.92 bits per heavy atom. The molecule has 8 nitrogen and oxygen atoms in total. The largest absolute Gasteiger partial charge is 0.394 e. The highest BCUT2D eigenvalue weighted by Crippen LogP contribution is 2.28. The lowest BCUT2D eigenvalue weighted by atomic mass is 10.1. The fourth-order valence-corrected chi connectivity index (χ4v) is 2.73. The Kier molecular flexibility index (Phi) is 5.14. The summed E-state index contributed by atoms with van der Waals surface area (Å²) in [5.41, 5.74) is -1.81. The van der Waals surface area contributed by atoms with Crippen LogP contribution in [0.4, 0.5) is 4.39 Å². The minimum Gasteiger partial charge on any atom is -0.394 e. The Bertz CT molecular complexity index is 923. The van der Waals surface area contributed by atoms with Gasteiger partial charge in [0, 0.05) is 6.20 Å². The molecule has 4 N–H and O–H groups in total. The van der Waals surface area contributed by atoms with Gasteiger partial charge in [0.15, 0.2) is 6.23 Å². The monoisotopic (exact) mass is 364 g/mol. The van der Waals surface area contributed by atoms with E-state index in [2.05, 4.69) is 0 Å². The van der Waals surface area contributed by atoms with Crippen molar-refractivity contribution in [2.45, 2.75) is 24.5 Å². The quantitative estimate of drug-likeness (QED) is 0.586. The Hall–Kier alpha value is -2.59. The lowest BCUT2D eigenvalue weighted by molar-refractivity contribution is -0.0550. The topological polar surface area (TPSA) is 125 Å². The number of halogens is 1. The molecule has 26 heavy (non-hydrogen) atoms. The van der Waals surface area contributed by atoms with Gasteiger partial charge in [0.05, 0.1) is 12.2 Å². The maximum absolute atomic E-state index is 14.5. The third-order valence-corrected chi connectivity index (χ3v) is 4.11. The zero-order chi connectivity index (χ0) is 18.8. The maximum atomic E-state index is 14.5. The molecule has 2 unspecified atom stereocenters. The summed E-state index contributed by atoms with van der Waals surface area (Å²) >= 11 is 0. The number of rotatable bonds is 4. The van der Waals surface area contributed by atoms with E-state index in [1.807, 2.05) is 4.98 Å². The number of ether oxygens (including phenoxy) is 1. The molecule has 0 bridgehead atoms. The highest BCUT2D eigenvalue weighted by atomic mass is 19.1. The van der Waals surface area contributed by atoms with Crippen molar-refractivity contribution < 1.29 is 24.4 Å². The van der Waals surface area contributed by atoms with Gasteiger partial charge in [0.1, 0.15) is 24.1 Å². The van der Waals surface area contributed by atoms with Gasteiger partial charge in [-0.3, -0.25) is 14.3 Å². The van der Waals surface area contributed by atoms with Gasteiger partial charge in [-0.25, -0.2) is 9.18 Å². The Morgan fingerprint density at radius 3 is 2.54 bits per heavy atom. The normalized spacial score (nSPS) is 26.2. The smallest absolute Gasteiger partial charge is 0.330 e. The molecule has 0 spiro atoms. The van der Waals surface area contributed by atoms with Crippen molar-refractivity contribution in [2.75, 3.05) is 6.61 Å². The first-order chi connectivity index (χ1) is 12.4. The minimum absolute atomic E-state index is 0.439. The number of aliphatic hydroxyl groups excluding tert-OH is 3. The van der Waals surface area contributed by atoms with Gasteiger partial charge in [0.2, 0.25) is 0 Å². The van der Waals surface area contributed by atoms with Crippen LogP contribution >= 0.6 is 0 Å². The third kappa shape index (κ3) is 3.37. The number of aliphatic hydroxyl groups is 3. The van der Waals surface area contributed by atoms with Crippen LogP contribution in [0.2, 0.25) is 0 Å². The van der Waals surface area contributed by atoms with E-state index in [1.54, 1.807) is 30.3 Å². The number of hydrogen-bond acceptors (Lipinski definition) is 6. The summed E-state index contributed by atoms with van der Waals surface area (Å²) in [6.45, 7) is -0.581. The van der Waals surface area contributed by atoms with Gasteiger partial charge in [-0.05, 0) is 11.6 Å². The summed E-state index contributed by atoms with van der Waals surface area (Å²) in [7, 11) is 0. The number of H-pyrrole nitrogens is 1. The Labute approximate surface area is 146 Å². The van der Waals surface area contributed by atoms with Gasteiger partial charge in [-0.15, -0.1) is 0 Å². The molecule has 138 valence electrons. The molecule has 2 aromatic rings. The average molecular weight is 364 g/mol. The Morgan fingerprint density at radius 1 is 1.23 bits per heavy atom. The van der Waals surface area contributed by atoms with Crippen LogP contribution in [0.1, 0.15) is 17.4 Å². The zero-order valence-electron chi connectivity index (χ0n) is 13.4. The van der Waals surface area contributed by atoms with Crippen LogP contribution in [-0.2, 0) is 4.74 Å². The summed E-state index contributed by atoms with van der Waals surface area (Å²) in [5.74, 6) is -0.891. The molecule has 0 amide bonds. The first-order valence-electron chi connectivity index (χ1n) is 7.83. The minimum atomic E-state index is -1.54. The summed E-state index contributed by atoms with van der Waals surface area (Å²) < 4.78 is 20.6. The SMILES string of the molecule is O=c1[nH]c(=O)n([C@H]2O[C@@H](CO)C(O)C2O)cc1/C(F)=C\c1ccccc1. The average Bonchev–Trinajstić information content (AvgIpc) is 2.91. The Balaban J connectivity index is 2.02. The van der Waals surface area contributed by atoms with Crippen LogP contribution in [0.15, 0.2) is 46.1 Å². The summed E-state index contributed by atoms with van der Waals surface area (Å²) in [6, 6.07) is 8.42. The van der Waals surface area contributed by atoms with Crippen LogP contribution in [0.25, 0.3) is 11.9 Å². The summed E-state index contributed by atoms with van der Waals surface area (Å²) in [4.78, 5) is 26.0. The number of aromatic amines is 1. The van der Waals surface area contributed by atoms with Crippen LogP contribution in [0.5, 0.6) is 0 Å². The molecular weight excluding hydrogens is 347 g/mol. The number of aromatic nitrogens is 2. The molecule has 1 saturated heterocycles. The van der Waals surface area contributed by atoms with E-state index >= 15 is 0 Å². The van der Waals surface area contributed by atoms with Gasteiger partial charge >= 0.3 is 5.69 Å².